The van der Waals surface area contributed by atoms with E-state index in [9.17, 15) is 0 Å². The van der Waals surface area contributed by atoms with Crippen LogP contribution in [0.15, 0.2) is 203 Å². The van der Waals surface area contributed by atoms with Crippen LogP contribution in [-0.4, -0.2) is 8.80 Å². The highest BCUT2D eigenvalue weighted by Crippen LogP contribution is 2.52. The van der Waals surface area contributed by atoms with E-state index in [0.717, 1.165) is 90.8 Å². The van der Waals surface area contributed by atoms with Crippen molar-refractivity contribution in [2.45, 2.75) is 26.7 Å². The van der Waals surface area contributed by atoms with Crippen LogP contribution in [-0.2, 0) is 0 Å². The highest BCUT2D eigenvalue weighted by Gasteiger charge is 2.30. The van der Waals surface area contributed by atoms with E-state index < -0.39 is 0 Å². The van der Waals surface area contributed by atoms with E-state index in [0.29, 0.717) is 0 Å². The van der Waals surface area contributed by atoms with Crippen LogP contribution in [0, 0.1) is 13.8 Å². The normalized spacial score (nSPS) is 13.1. The second-order valence-corrected chi connectivity index (χ2v) is 20.3. The Morgan fingerprint density at radius 3 is 1.43 bits per heavy atom. The van der Waals surface area contributed by atoms with Crippen LogP contribution < -0.4 is 20.4 Å². The molecule has 0 amide bonds. The van der Waals surface area contributed by atoms with E-state index in [-0.39, 0.29) is 0 Å². The number of aryl methyl sites for hydroxylation is 2. The van der Waals surface area contributed by atoms with Crippen molar-refractivity contribution >= 4 is 155 Å². The molecular weight excluding hydrogens is 905 g/mol. The fourth-order valence-electron chi connectivity index (χ4n) is 13.3. The molecule has 6 nitrogen and oxygen atoms in total. The van der Waals surface area contributed by atoms with Crippen LogP contribution in [0.2, 0.25) is 0 Å². The summed E-state index contributed by atoms with van der Waals surface area (Å²) in [4.78, 5) is 4.90. The molecule has 0 saturated heterocycles. The summed E-state index contributed by atoms with van der Waals surface area (Å²) >= 11 is 0. The van der Waals surface area contributed by atoms with Gasteiger partial charge in [0.1, 0.15) is 11.2 Å². The minimum Gasteiger partial charge on any atom is -0.454 e. The zero-order valence-corrected chi connectivity index (χ0v) is 40.6. The molecule has 16 aromatic rings. The minimum atomic E-state index is 0.873. The Bertz CT molecular complexity index is 5200. The van der Waals surface area contributed by atoms with Crippen LogP contribution in [0.1, 0.15) is 24.0 Å². The molecule has 6 heterocycles. The smallest absolute Gasteiger partial charge is 0.159 e. The van der Waals surface area contributed by atoms with Gasteiger partial charge in [0.2, 0.25) is 0 Å². The first-order valence-electron chi connectivity index (χ1n) is 25.7. The van der Waals surface area contributed by atoms with Crippen molar-refractivity contribution in [2.75, 3.05) is 9.80 Å². The molecular formula is C68H44N4O2. The highest BCUT2D eigenvalue weighted by molar-refractivity contribution is 6.30. The monoisotopic (exact) mass is 948 g/mol. The summed E-state index contributed by atoms with van der Waals surface area (Å²) in [7, 11) is 0. The highest BCUT2D eigenvalue weighted by atomic mass is 16.3. The predicted molar refractivity (Wildman–Crippen MR) is 309 cm³/mol. The topological polar surface area (TPSA) is 41.6 Å². The summed E-state index contributed by atoms with van der Waals surface area (Å²) in [5.74, 6) is 0. The number of para-hydroxylation sites is 7. The quantitative estimate of drug-likeness (QED) is 0.167. The van der Waals surface area contributed by atoms with Crippen LogP contribution in [0.25, 0.3) is 121 Å². The lowest BCUT2D eigenvalue weighted by Crippen LogP contribution is -2.28. The zero-order chi connectivity index (χ0) is 48.5. The second-order valence-electron chi connectivity index (χ2n) is 20.3. The van der Waals surface area contributed by atoms with Gasteiger partial charge in [-0.05, 0) is 105 Å². The van der Waals surface area contributed by atoms with Crippen molar-refractivity contribution in [3.05, 3.63) is 216 Å². The molecule has 0 spiro atoms. The fourth-order valence-corrected chi connectivity index (χ4v) is 13.3. The minimum absolute atomic E-state index is 0.873. The Hall–Kier alpha value is -9.52. The van der Waals surface area contributed by atoms with Gasteiger partial charge in [0, 0.05) is 81.2 Å². The number of benzene rings is 10. The molecule has 0 atom stereocenters. The standard InChI is InChI=1S/C68H44N4O2/c1-39-17-3-9-25-51(39)69(57-29-15-23-45-41-19-7-13-31-61(41)73-67(45)57)55-35-33-43-49-37-60-50(38-59(49)71-53-27-11-5-21-47(53)63(55)65(43)71)44-34-36-56(64-48-22-6-12-28-54(48)72(60)66(44)64)70(52-26-10-4-18-40(52)2)58-30-16-24-46-42-20-8-14-32-62(42)74-68(46)58/h3-5,7-11,13-38H,6,12H2,1-2H3. The summed E-state index contributed by atoms with van der Waals surface area (Å²) in [5, 5.41) is 15.7. The predicted octanol–water partition coefficient (Wildman–Crippen LogP) is 17.5. The van der Waals surface area contributed by atoms with Crippen molar-refractivity contribution in [2.24, 2.45) is 0 Å². The Kier molecular flexibility index (Phi) is 7.89. The van der Waals surface area contributed by atoms with Crippen molar-refractivity contribution in [1.29, 1.82) is 0 Å². The summed E-state index contributed by atoms with van der Waals surface area (Å²) in [5.41, 5.74) is 18.5. The number of anilines is 6. The van der Waals surface area contributed by atoms with Gasteiger partial charge in [0.05, 0.1) is 50.3 Å². The average Bonchev–Trinajstić information content (AvgIpc) is 4.29. The molecule has 6 aromatic heterocycles. The maximum absolute atomic E-state index is 6.81. The van der Waals surface area contributed by atoms with Gasteiger partial charge < -0.3 is 27.4 Å². The Morgan fingerprint density at radius 2 is 0.824 bits per heavy atom. The SMILES string of the molecule is Cc1ccccc1N(c1cccc2c1oc1ccccc12)c1ccc2c3cc4c(cc3n3c5c(c1c23)=CCCC=5)c1ccc(N(c2ccccc2C)c2cccc3c2oc2ccccc23)c2c3ccccc3n4c12. The number of rotatable bonds is 6. The fraction of sp³-hybridized carbons (Fsp3) is 0.0588. The van der Waals surface area contributed by atoms with Crippen molar-refractivity contribution in [1.82, 2.24) is 8.80 Å². The molecule has 0 bridgehead atoms. The van der Waals surface area contributed by atoms with Gasteiger partial charge in [-0.15, -0.1) is 0 Å². The van der Waals surface area contributed by atoms with E-state index >= 15 is 0 Å². The maximum Gasteiger partial charge on any atom is 0.159 e. The first-order valence-corrected chi connectivity index (χ1v) is 25.7. The molecule has 0 fully saturated rings. The molecule has 6 heteroatoms. The Labute approximate surface area is 423 Å². The van der Waals surface area contributed by atoms with Gasteiger partial charge in [-0.2, -0.15) is 0 Å². The van der Waals surface area contributed by atoms with Gasteiger partial charge in [0.25, 0.3) is 0 Å². The van der Waals surface area contributed by atoms with E-state index in [1.54, 1.807) is 0 Å². The number of hydrogen-bond donors (Lipinski definition) is 0. The summed E-state index contributed by atoms with van der Waals surface area (Å²) in [6.45, 7) is 4.42. The lowest BCUT2D eigenvalue weighted by Gasteiger charge is -2.28. The maximum atomic E-state index is 6.81. The molecule has 10 aromatic carbocycles. The number of nitrogens with zero attached hydrogens (tertiary/aromatic N) is 4. The molecule has 0 radical (unpaired) electrons. The lowest BCUT2D eigenvalue weighted by atomic mass is 10.0. The molecule has 1 aliphatic rings. The van der Waals surface area contributed by atoms with Crippen molar-refractivity contribution < 1.29 is 8.83 Å². The van der Waals surface area contributed by atoms with Crippen LogP contribution >= 0.6 is 0 Å². The third-order valence-corrected chi connectivity index (χ3v) is 16.4. The lowest BCUT2D eigenvalue weighted by molar-refractivity contribution is 0.668. The van der Waals surface area contributed by atoms with Gasteiger partial charge >= 0.3 is 0 Å². The molecule has 348 valence electrons. The van der Waals surface area contributed by atoms with Gasteiger partial charge in [0.15, 0.2) is 11.2 Å². The molecule has 1 aliphatic carbocycles. The molecule has 0 N–H and O–H groups in total. The van der Waals surface area contributed by atoms with Crippen LogP contribution in [0.4, 0.5) is 34.1 Å². The first-order chi connectivity index (χ1) is 36.6. The van der Waals surface area contributed by atoms with E-state index in [1.165, 1.54) is 87.0 Å². The molecule has 17 rings (SSSR count). The second kappa shape index (κ2) is 14.6. The number of aromatic nitrogens is 2. The summed E-state index contributed by atoms with van der Waals surface area (Å²) in [6.07, 6.45) is 6.93. The van der Waals surface area contributed by atoms with Crippen molar-refractivity contribution in [3.63, 3.8) is 0 Å². The van der Waals surface area contributed by atoms with E-state index in [4.69, 9.17) is 8.83 Å². The van der Waals surface area contributed by atoms with Crippen molar-refractivity contribution in [3.8, 4) is 0 Å². The van der Waals surface area contributed by atoms with Gasteiger partial charge in [-0.25, -0.2) is 0 Å². The first kappa shape index (κ1) is 40.1. The van der Waals surface area contributed by atoms with Gasteiger partial charge in [-0.1, -0.05) is 140 Å². The van der Waals surface area contributed by atoms with E-state index in [1.807, 2.05) is 0 Å². The van der Waals surface area contributed by atoms with E-state index in [2.05, 4.69) is 239 Å². The van der Waals surface area contributed by atoms with Crippen LogP contribution in [0.5, 0.6) is 0 Å². The largest absolute Gasteiger partial charge is 0.454 e. The average molecular weight is 949 g/mol. The zero-order valence-electron chi connectivity index (χ0n) is 40.6. The van der Waals surface area contributed by atoms with Crippen LogP contribution in [0.3, 0.4) is 0 Å². The van der Waals surface area contributed by atoms with Gasteiger partial charge in [-0.3, -0.25) is 0 Å². The third kappa shape index (κ3) is 5.13. The molecule has 74 heavy (non-hydrogen) atoms. The number of furan rings is 2. The Morgan fingerprint density at radius 1 is 0.351 bits per heavy atom. The molecule has 0 saturated carbocycles. The third-order valence-electron chi connectivity index (χ3n) is 16.4. The number of hydrogen-bond acceptors (Lipinski definition) is 4. The summed E-state index contributed by atoms with van der Waals surface area (Å²) < 4.78 is 18.7. The summed E-state index contributed by atoms with van der Waals surface area (Å²) in [6, 6.07) is 70.8. The molecule has 0 aliphatic heterocycles. The Balaban J connectivity index is 0.956. The number of fused-ring (bicyclic) bond motifs is 18. The molecule has 0 unspecified atom stereocenters.